The van der Waals surface area contributed by atoms with Gasteiger partial charge in [0, 0.05) is 30.4 Å². The van der Waals surface area contributed by atoms with Crippen LogP contribution in [-0.4, -0.2) is 37.6 Å². The summed E-state index contributed by atoms with van der Waals surface area (Å²) < 4.78 is 6.04. The Morgan fingerprint density at radius 2 is 2.11 bits per heavy atom. The molecule has 0 bridgehead atoms. The second-order valence-electron chi connectivity index (χ2n) is 6.34. The van der Waals surface area contributed by atoms with Crippen molar-refractivity contribution in [2.75, 3.05) is 13.2 Å². The summed E-state index contributed by atoms with van der Waals surface area (Å²) in [5.74, 6) is 0. The van der Waals surface area contributed by atoms with Crippen LogP contribution in [0, 0.1) is 10.1 Å². The lowest BCUT2D eigenvalue weighted by Crippen LogP contribution is -2.44. The van der Waals surface area contributed by atoms with Gasteiger partial charge in [-0.1, -0.05) is 20.8 Å². The minimum absolute atomic E-state index is 0.198. The van der Waals surface area contributed by atoms with Crippen LogP contribution in [0.2, 0.25) is 18.1 Å². The molecule has 0 aromatic heterocycles. The number of rotatable bonds is 6. The molecule has 1 N–H and O–H groups in total. The van der Waals surface area contributed by atoms with Gasteiger partial charge in [0.2, 0.25) is 0 Å². The molecule has 0 aromatic rings. The molecule has 1 atom stereocenters. The molecular formula is C12H25N3O3Si. The van der Waals surface area contributed by atoms with E-state index in [-0.39, 0.29) is 9.96 Å². The molecule has 1 unspecified atom stereocenters. The highest BCUT2D eigenvalue weighted by molar-refractivity contribution is 6.74. The third-order valence-electron chi connectivity index (χ3n) is 3.86. The van der Waals surface area contributed by atoms with Crippen molar-refractivity contribution in [2.45, 2.75) is 51.5 Å². The lowest BCUT2D eigenvalue weighted by atomic mass is 10.2. The third-order valence-corrected chi connectivity index (χ3v) is 8.39. The van der Waals surface area contributed by atoms with E-state index in [1.165, 1.54) is 0 Å². The average molecular weight is 287 g/mol. The van der Waals surface area contributed by atoms with Gasteiger partial charge < -0.3 is 9.85 Å². The highest BCUT2D eigenvalue weighted by Crippen LogP contribution is 2.36. The molecule has 0 amide bonds. The zero-order chi connectivity index (χ0) is 14.7. The van der Waals surface area contributed by atoms with Crippen molar-refractivity contribution in [3.63, 3.8) is 0 Å². The van der Waals surface area contributed by atoms with Crippen molar-refractivity contribution < 1.29 is 9.35 Å². The van der Waals surface area contributed by atoms with Crippen LogP contribution < -0.4 is 5.43 Å². The molecule has 0 spiro atoms. The van der Waals surface area contributed by atoms with Gasteiger partial charge in [-0.05, 0) is 24.6 Å². The Hall–Kier alpha value is -0.923. The molecule has 0 radical (unpaired) electrons. The quantitative estimate of drug-likeness (QED) is 0.351. The van der Waals surface area contributed by atoms with Crippen LogP contribution in [0.15, 0.2) is 12.3 Å². The Labute approximate surface area is 116 Å². The van der Waals surface area contributed by atoms with Crippen LogP contribution in [0.1, 0.15) is 27.2 Å². The maximum Gasteiger partial charge on any atom is 0.304 e. The van der Waals surface area contributed by atoms with Crippen LogP contribution in [0.25, 0.3) is 0 Å². The molecule has 7 heteroatoms. The molecule has 1 aliphatic heterocycles. The summed E-state index contributed by atoms with van der Waals surface area (Å²) in [5, 5.41) is 12.6. The molecule has 0 aliphatic carbocycles. The van der Waals surface area contributed by atoms with Gasteiger partial charge in [-0.15, -0.1) is 0 Å². The van der Waals surface area contributed by atoms with Gasteiger partial charge in [0.05, 0.1) is 0 Å². The maximum absolute atomic E-state index is 10.8. The second kappa shape index (κ2) is 6.02. The topological polar surface area (TPSA) is 67.6 Å². The summed E-state index contributed by atoms with van der Waals surface area (Å²) in [6.07, 6.45) is 3.19. The van der Waals surface area contributed by atoms with Crippen molar-refractivity contribution in [2.24, 2.45) is 0 Å². The van der Waals surface area contributed by atoms with E-state index in [4.69, 9.17) is 4.43 Å². The molecule has 110 valence electrons. The largest absolute Gasteiger partial charge is 0.417 e. The number of hydrogen-bond donors (Lipinski definition) is 1. The number of nitrogens with one attached hydrogen (secondary N) is 1. The highest BCUT2D eigenvalue weighted by Gasteiger charge is 2.37. The van der Waals surface area contributed by atoms with E-state index in [1.807, 2.05) is 0 Å². The van der Waals surface area contributed by atoms with Crippen LogP contribution in [-0.2, 0) is 4.43 Å². The summed E-state index contributed by atoms with van der Waals surface area (Å²) in [4.78, 5) is 10.5. The summed E-state index contributed by atoms with van der Waals surface area (Å²) in [5.41, 5.74) is 2.88. The maximum atomic E-state index is 10.8. The fraction of sp³-hybridized carbons (Fsp3) is 0.833. The standard InChI is InChI=1S/C12H25N3O3Si/c1-12(2,3)19(4,5)18-10-6-9-14-11(15(16)17)7-8-13-14/h7-8,11,13H,6,9-10H2,1-5H3. The molecule has 6 nitrogen and oxygen atoms in total. The molecule has 1 rings (SSSR count). The third kappa shape index (κ3) is 4.29. The van der Waals surface area contributed by atoms with E-state index < -0.39 is 14.5 Å². The van der Waals surface area contributed by atoms with Crippen molar-refractivity contribution in [1.82, 2.24) is 10.4 Å². The van der Waals surface area contributed by atoms with Gasteiger partial charge in [-0.25, -0.2) is 0 Å². The first kappa shape index (κ1) is 16.1. The van der Waals surface area contributed by atoms with Gasteiger partial charge in [-0.2, -0.15) is 5.01 Å². The van der Waals surface area contributed by atoms with E-state index in [0.29, 0.717) is 13.2 Å². The van der Waals surface area contributed by atoms with Crippen molar-refractivity contribution >= 4 is 8.32 Å². The zero-order valence-electron chi connectivity index (χ0n) is 12.5. The predicted molar refractivity (Wildman–Crippen MR) is 77.5 cm³/mol. The predicted octanol–water partition coefficient (Wildman–Crippen LogP) is 2.33. The summed E-state index contributed by atoms with van der Waals surface area (Å²) in [6.45, 7) is 12.3. The van der Waals surface area contributed by atoms with Gasteiger partial charge in [0.15, 0.2) is 8.32 Å². The van der Waals surface area contributed by atoms with Crippen molar-refractivity contribution in [1.29, 1.82) is 0 Å². The minimum atomic E-state index is -1.71. The van der Waals surface area contributed by atoms with E-state index >= 15 is 0 Å². The minimum Gasteiger partial charge on any atom is -0.417 e. The molecule has 0 saturated carbocycles. The molecule has 0 saturated heterocycles. The van der Waals surface area contributed by atoms with Crippen molar-refractivity contribution in [3.8, 4) is 0 Å². The lowest BCUT2D eigenvalue weighted by molar-refractivity contribution is -0.536. The number of hydrazine groups is 1. The number of nitrogens with zero attached hydrogens (tertiary/aromatic N) is 2. The Morgan fingerprint density at radius 3 is 2.63 bits per heavy atom. The van der Waals surface area contributed by atoms with E-state index in [0.717, 1.165) is 6.42 Å². The van der Waals surface area contributed by atoms with Gasteiger partial charge in [0.1, 0.15) is 0 Å². The normalized spacial score (nSPS) is 20.6. The molecule has 19 heavy (non-hydrogen) atoms. The lowest BCUT2D eigenvalue weighted by Gasteiger charge is -2.36. The molecular weight excluding hydrogens is 262 g/mol. The number of hydrogen-bond acceptors (Lipinski definition) is 5. The fourth-order valence-corrected chi connectivity index (χ4v) is 2.65. The summed E-state index contributed by atoms with van der Waals surface area (Å²) in [6, 6.07) is 0. The monoisotopic (exact) mass is 287 g/mol. The average Bonchev–Trinajstić information content (AvgIpc) is 2.71. The molecule has 1 heterocycles. The summed E-state index contributed by atoms with van der Waals surface area (Å²) >= 11 is 0. The smallest absolute Gasteiger partial charge is 0.304 e. The van der Waals surface area contributed by atoms with E-state index in [1.54, 1.807) is 17.3 Å². The molecule has 1 aliphatic rings. The van der Waals surface area contributed by atoms with Crippen LogP contribution >= 0.6 is 0 Å². The Balaban J connectivity index is 2.30. The van der Waals surface area contributed by atoms with E-state index in [9.17, 15) is 10.1 Å². The van der Waals surface area contributed by atoms with Crippen LogP contribution in [0.3, 0.4) is 0 Å². The Kier molecular flexibility index (Phi) is 5.11. The van der Waals surface area contributed by atoms with Crippen molar-refractivity contribution in [3.05, 3.63) is 22.4 Å². The Bertz CT molecular complexity index is 353. The van der Waals surface area contributed by atoms with Crippen LogP contribution in [0.4, 0.5) is 0 Å². The fourth-order valence-electron chi connectivity index (χ4n) is 1.56. The van der Waals surface area contributed by atoms with Gasteiger partial charge in [0.25, 0.3) is 0 Å². The molecule has 0 fully saturated rings. The first-order valence-corrected chi connectivity index (χ1v) is 9.53. The first-order valence-electron chi connectivity index (χ1n) is 6.62. The highest BCUT2D eigenvalue weighted by atomic mass is 28.4. The zero-order valence-corrected chi connectivity index (χ0v) is 13.5. The molecule has 0 aromatic carbocycles. The van der Waals surface area contributed by atoms with E-state index in [2.05, 4.69) is 39.3 Å². The summed E-state index contributed by atoms with van der Waals surface area (Å²) in [7, 11) is -1.71. The van der Waals surface area contributed by atoms with Gasteiger partial charge >= 0.3 is 6.17 Å². The van der Waals surface area contributed by atoms with Crippen LogP contribution in [0.5, 0.6) is 0 Å². The van der Waals surface area contributed by atoms with Gasteiger partial charge in [-0.3, -0.25) is 10.1 Å². The SMILES string of the molecule is CC(C)(C)[Si](C)(C)OCCCN1NC=CC1[N+](=O)[O-]. The second-order valence-corrected chi connectivity index (χ2v) is 11.2. The Morgan fingerprint density at radius 1 is 1.47 bits per heavy atom. The first-order chi connectivity index (χ1) is 8.65. The number of nitro groups is 1.